The third-order valence-corrected chi connectivity index (χ3v) is 6.26. The first-order valence-electron chi connectivity index (χ1n) is 11.1. The fourth-order valence-corrected chi connectivity index (χ4v) is 4.07. The van der Waals surface area contributed by atoms with Gasteiger partial charge in [0, 0.05) is 31.9 Å². The predicted molar refractivity (Wildman–Crippen MR) is 125 cm³/mol. The Hall–Kier alpha value is -2.57. The van der Waals surface area contributed by atoms with Crippen LogP contribution in [0.3, 0.4) is 0 Å². The second kappa shape index (κ2) is 10.2. The molecule has 0 spiro atoms. The first-order valence-corrected chi connectivity index (χ1v) is 11.1. The fourth-order valence-electron chi connectivity index (χ4n) is 4.07. The highest BCUT2D eigenvalue weighted by Gasteiger charge is 2.25. The van der Waals surface area contributed by atoms with Crippen LogP contribution in [0.25, 0.3) is 0 Å². The number of phenolic OH excluding ortho intramolecular Hbond substituents is 2. The molecule has 2 aromatic rings. The Kier molecular flexibility index (Phi) is 7.57. The van der Waals surface area contributed by atoms with Crippen molar-refractivity contribution in [2.24, 2.45) is 0 Å². The number of aromatic hydroxyl groups is 2. The van der Waals surface area contributed by atoms with E-state index in [1.807, 2.05) is 18.2 Å². The lowest BCUT2D eigenvalue weighted by atomic mass is 9.79. The molecule has 0 aromatic heterocycles. The summed E-state index contributed by atoms with van der Waals surface area (Å²) in [6.45, 7) is 9.87. The number of phenols is 2. The lowest BCUT2D eigenvalue weighted by Crippen LogP contribution is -2.44. The second-order valence-corrected chi connectivity index (χ2v) is 9.20. The number of rotatable bonds is 8. The molecule has 1 aliphatic rings. The van der Waals surface area contributed by atoms with E-state index in [2.05, 4.69) is 36.0 Å². The summed E-state index contributed by atoms with van der Waals surface area (Å²) in [5, 5.41) is 23.7. The molecule has 1 fully saturated rings. The predicted octanol–water partition coefficient (Wildman–Crippen LogP) is 4.05. The Morgan fingerprint density at radius 3 is 2.23 bits per heavy atom. The number of para-hydroxylation sites is 1. The molecule has 1 amide bonds. The molecule has 1 heterocycles. The maximum absolute atomic E-state index is 12.6. The van der Waals surface area contributed by atoms with Crippen molar-refractivity contribution in [3.8, 4) is 11.5 Å². The monoisotopic (exact) mass is 425 g/mol. The smallest absolute Gasteiger partial charge is 0.263 e. The van der Waals surface area contributed by atoms with Crippen LogP contribution in [0.5, 0.6) is 11.5 Å². The van der Waals surface area contributed by atoms with Gasteiger partial charge in [0.05, 0.1) is 0 Å². The van der Waals surface area contributed by atoms with Crippen LogP contribution in [-0.4, -0.2) is 65.7 Å². The molecule has 6 heteroatoms. The van der Waals surface area contributed by atoms with Gasteiger partial charge >= 0.3 is 0 Å². The van der Waals surface area contributed by atoms with Crippen LogP contribution < -0.4 is 5.32 Å². The Labute approximate surface area is 185 Å². The van der Waals surface area contributed by atoms with Gasteiger partial charge in [-0.2, -0.15) is 0 Å². The molecule has 168 valence electrons. The van der Waals surface area contributed by atoms with Crippen molar-refractivity contribution in [3.05, 3.63) is 53.6 Å². The van der Waals surface area contributed by atoms with E-state index in [1.54, 1.807) is 24.3 Å². The van der Waals surface area contributed by atoms with E-state index in [4.69, 9.17) is 0 Å². The normalized spacial score (nSPS) is 15.7. The number of likely N-dealkylation sites (N-methyl/N-ethyl adjacent to an activating group) is 1. The van der Waals surface area contributed by atoms with E-state index < -0.39 is 5.91 Å². The summed E-state index contributed by atoms with van der Waals surface area (Å²) < 4.78 is 0. The number of anilines is 1. The highest BCUT2D eigenvalue weighted by Crippen LogP contribution is 2.37. The minimum Gasteiger partial charge on any atom is -0.507 e. The van der Waals surface area contributed by atoms with Crippen molar-refractivity contribution >= 4 is 11.6 Å². The molecule has 0 unspecified atom stereocenters. The fraction of sp³-hybridized carbons (Fsp3) is 0.480. The summed E-state index contributed by atoms with van der Waals surface area (Å²) in [6, 6.07) is 12.2. The third kappa shape index (κ3) is 6.21. The lowest BCUT2D eigenvalue weighted by molar-refractivity contribution is 0.102. The van der Waals surface area contributed by atoms with E-state index in [1.165, 1.54) is 0 Å². The van der Waals surface area contributed by atoms with E-state index in [-0.39, 0.29) is 22.5 Å². The molecule has 0 atom stereocenters. The average molecular weight is 426 g/mol. The molecular formula is C25H35N3O3. The lowest BCUT2D eigenvalue weighted by Gasteiger charge is -2.32. The molecule has 31 heavy (non-hydrogen) atoms. The van der Waals surface area contributed by atoms with Gasteiger partial charge in [0.1, 0.15) is 17.1 Å². The molecule has 3 rings (SSSR count). The molecule has 6 nitrogen and oxygen atoms in total. The van der Waals surface area contributed by atoms with E-state index in [9.17, 15) is 15.0 Å². The highest BCUT2D eigenvalue weighted by atomic mass is 16.3. The number of hydrogen-bond donors (Lipinski definition) is 3. The molecule has 2 aromatic carbocycles. The quantitative estimate of drug-likeness (QED) is 0.557. The SMILES string of the molecule is CN1CCN(CCCCC(C)(C)c2cc(O)c(C(=O)Nc3ccccc3)c(O)c2)CC1. The molecule has 0 aliphatic carbocycles. The largest absolute Gasteiger partial charge is 0.507 e. The Morgan fingerprint density at radius 1 is 1.00 bits per heavy atom. The van der Waals surface area contributed by atoms with Gasteiger partial charge in [0.15, 0.2) is 0 Å². The first kappa shape index (κ1) is 23.1. The first-order chi connectivity index (χ1) is 14.8. The van der Waals surface area contributed by atoms with Gasteiger partial charge in [-0.3, -0.25) is 4.79 Å². The van der Waals surface area contributed by atoms with E-state index in [0.29, 0.717) is 5.69 Å². The van der Waals surface area contributed by atoms with E-state index >= 15 is 0 Å². The Morgan fingerprint density at radius 2 is 1.61 bits per heavy atom. The summed E-state index contributed by atoms with van der Waals surface area (Å²) in [5.74, 6) is -0.930. The Balaban J connectivity index is 1.59. The number of carbonyl (C=O) groups is 1. The van der Waals surface area contributed by atoms with Crippen molar-refractivity contribution in [2.75, 3.05) is 45.1 Å². The van der Waals surface area contributed by atoms with Crippen LogP contribution >= 0.6 is 0 Å². The van der Waals surface area contributed by atoms with Gasteiger partial charge < -0.3 is 25.3 Å². The number of nitrogens with zero attached hydrogens (tertiary/aromatic N) is 2. The van der Waals surface area contributed by atoms with Crippen molar-refractivity contribution in [3.63, 3.8) is 0 Å². The van der Waals surface area contributed by atoms with Crippen LogP contribution in [0.4, 0.5) is 5.69 Å². The van der Waals surface area contributed by atoms with Crippen LogP contribution in [0, 0.1) is 0 Å². The van der Waals surface area contributed by atoms with Gasteiger partial charge in [0.2, 0.25) is 0 Å². The van der Waals surface area contributed by atoms with Gasteiger partial charge in [0.25, 0.3) is 5.91 Å². The number of benzene rings is 2. The molecule has 0 radical (unpaired) electrons. The summed E-state index contributed by atoms with van der Waals surface area (Å²) in [6.07, 6.45) is 3.13. The number of amides is 1. The second-order valence-electron chi connectivity index (χ2n) is 9.20. The molecular weight excluding hydrogens is 390 g/mol. The maximum Gasteiger partial charge on any atom is 0.263 e. The van der Waals surface area contributed by atoms with Crippen molar-refractivity contribution < 1.29 is 15.0 Å². The standard InChI is InChI=1S/C25H35N3O3/c1-25(2,11-7-8-12-28-15-13-27(3)14-16-28)19-17-21(29)23(22(30)18-19)24(31)26-20-9-5-4-6-10-20/h4-6,9-10,17-18,29-30H,7-8,11-16H2,1-3H3,(H,26,31). The third-order valence-electron chi connectivity index (χ3n) is 6.26. The minimum atomic E-state index is -0.530. The maximum atomic E-state index is 12.6. The molecule has 3 N–H and O–H groups in total. The molecule has 1 aliphatic heterocycles. The molecule has 0 saturated carbocycles. The number of carbonyl (C=O) groups excluding carboxylic acids is 1. The van der Waals surface area contributed by atoms with Crippen molar-refractivity contribution in [2.45, 2.75) is 38.5 Å². The zero-order valence-corrected chi connectivity index (χ0v) is 18.9. The summed E-state index contributed by atoms with van der Waals surface area (Å²) in [5.41, 5.74) is 1.12. The average Bonchev–Trinajstić information content (AvgIpc) is 2.72. The number of nitrogens with one attached hydrogen (secondary N) is 1. The van der Waals surface area contributed by atoms with Crippen LogP contribution in [0.15, 0.2) is 42.5 Å². The van der Waals surface area contributed by atoms with Gasteiger partial charge in [-0.05, 0) is 61.7 Å². The van der Waals surface area contributed by atoms with Crippen molar-refractivity contribution in [1.29, 1.82) is 0 Å². The van der Waals surface area contributed by atoms with Crippen molar-refractivity contribution in [1.82, 2.24) is 9.80 Å². The van der Waals surface area contributed by atoms with Crippen LogP contribution in [-0.2, 0) is 5.41 Å². The number of piperazine rings is 1. The molecule has 0 bridgehead atoms. The minimum absolute atomic E-state index is 0.0986. The van der Waals surface area contributed by atoms with Gasteiger partial charge in [-0.15, -0.1) is 0 Å². The highest BCUT2D eigenvalue weighted by molar-refractivity contribution is 6.08. The van der Waals surface area contributed by atoms with Crippen LogP contribution in [0.1, 0.15) is 49.0 Å². The van der Waals surface area contributed by atoms with E-state index in [0.717, 1.165) is 57.5 Å². The number of unbranched alkanes of at least 4 members (excludes halogenated alkanes) is 1. The zero-order chi connectivity index (χ0) is 22.4. The summed E-state index contributed by atoms with van der Waals surface area (Å²) in [7, 11) is 2.17. The zero-order valence-electron chi connectivity index (χ0n) is 18.9. The molecule has 1 saturated heterocycles. The summed E-state index contributed by atoms with van der Waals surface area (Å²) in [4.78, 5) is 17.4. The van der Waals surface area contributed by atoms with Crippen LogP contribution in [0.2, 0.25) is 0 Å². The Bertz CT molecular complexity index is 852. The topological polar surface area (TPSA) is 76.0 Å². The van der Waals surface area contributed by atoms with Gasteiger partial charge in [-0.25, -0.2) is 0 Å². The van der Waals surface area contributed by atoms with Gasteiger partial charge in [-0.1, -0.05) is 38.5 Å². The summed E-state index contributed by atoms with van der Waals surface area (Å²) >= 11 is 0. The number of hydrogen-bond acceptors (Lipinski definition) is 5.